The smallest absolute Gasteiger partial charge is 0.306 e. The molecule has 0 saturated heterocycles. The molecule has 0 aliphatic rings. The summed E-state index contributed by atoms with van der Waals surface area (Å²) >= 11 is 0. The summed E-state index contributed by atoms with van der Waals surface area (Å²) < 4.78 is 11.0. The van der Waals surface area contributed by atoms with Crippen molar-refractivity contribution in [1.82, 2.24) is 4.98 Å². The number of aromatic amines is 1. The second kappa shape index (κ2) is 10.2. The summed E-state index contributed by atoms with van der Waals surface area (Å²) in [4.78, 5) is 16.3. The van der Waals surface area contributed by atoms with Gasteiger partial charge in [0.1, 0.15) is 5.75 Å². The highest BCUT2D eigenvalue weighted by molar-refractivity contribution is 5.87. The normalized spacial score (nSPS) is 11.9. The lowest BCUT2D eigenvalue weighted by Crippen LogP contribution is -2.13. The summed E-state index contributed by atoms with van der Waals surface area (Å²) in [6.45, 7) is 4.81. The van der Waals surface area contributed by atoms with Gasteiger partial charge in [0.05, 0.1) is 19.6 Å². The third-order valence-corrected chi connectivity index (χ3v) is 5.67. The van der Waals surface area contributed by atoms with Gasteiger partial charge in [-0.2, -0.15) is 0 Å². The Bertz CT molecular complexity index is 1160. The van der Waals surface area contributed by atoms with E-state index >= 15 is 0 Å². The predicted molar refractivity (Wildman–Crippen MR) is 128 cm³/mol. The molecule has 0 amide bonds. The van der Waals surface area contributed by atoms with Crippen LogP contribution in [0.25, 0.3) is 10.9 Å². The number of ether oxygens (including phenoxy) is 2. The number of benzene rings is 3. The van der Waals surface area contributed by atoms with Gasteiger partial charge in [0, 0.05) is 28.9 Å². The molecule has 1 unspecified atom stereocenters. The molecule has 0 bridgehead atoms. The summed E-state index contributed by atoms with van der Waals surface area (Å²) in [5, 5.41) is 1.14. The van der Waals surface area contributed by atoms with E-state index in [1.54, 1.807) is 0 Å². The SMILES string of the molecule is CCOC(=O)CC(c1ccc(OCC)cc1)c1c(Cc2ccccc2)[nH]c2ccccc12. The summed E-state index contributed by atoms with van der Waals surface area (Å²) in [6, 6.07) is 26.8. The minimum absolute atomic E-state index is 0.125. The van der Waals surface area contributed by atoms with Crippen LogP contribution < -0.4 is 4.74 Å². The molecule has 0 spiro atoms. The first kappa shape index (κ1) is 21.7. The lowest BCUT2D eigenvalue weighted by molar-refractivity contribution is -0.143. The Kier molecular flexibility index (Phi) is 6.90. The average Bonchev–Trinajstić information content (AvgIpc) is 3.17. The summed E-state index contributed by atoms with van der Waals surface area (Å²) in [5.74, 6) is 0.511. The zero-order valence-electron chi connectivity index (χ0n) is 18.6. The van der Waals surface area contributed by atoms with Crippen LogP contribution in [0.2, 0.25) is 0 Å². The second-order valence-corrected chi connectivity index (χ2v) is 7.79. The Morgan fingerprint density at radius 1 is 0.875 bits per heavy atom. The van der Waals surface area contributed by atoms with Gasteiger partial charge in [0.15, 0.2) is 0 Å². The first-order valence-electron chi connectivity index (χ1n) is 11.2. The lowest BCUT2D eigenvalue weighted by Gasteiger charge is -2.19. The standard InChI is InChI=1S/C28H29NO3/c1-3-31-22-16-14-21(15-17-22)24(19-27(30)32-4-2)28-23-12-8-9-13-25(23)29-26(28)18-20-10-6-5-7-11-20/h5-17,24,29H,3-4,18-19H2,1-2H3. The maximum atomic E-state index is 12.6. The molecule has 1 aromatic heterocycles. The van der Waals surface area contributed by atoms with Gasteiger partial charge in [-0.3, -0.25) is 4.79 Å². The van der Waals surface area contributed by atoms with Crippen LogP contribution in [0.4, 0.5) is 0 Å². The zero-order chi connectivity index (χ0) is 22.3. The molecule has 0 fully saturated rings. The number of fused-ring (bicyclic) bond motifs is 1. The van der Waals surface area contributed by atoms with Gasteiger partial charge in [0.25, 0.3) is 0 Å². The maximum absolute atomic E-state index is 12.6. The van der Waals surface area contributed by atoms with Gasteiger partial charge >= 0.3 is 5.97 Å². The van der Waals surface area contributed by atoms with E-state index in [1.807, 2.05) is 44.2 Å². The molecule has 1 N–H and O–H groups in total. The van der Waals surface area contributed by atoms with E-state index in [1.165, 1.54) is 5.56 Å². The summed E-state index contributed by atoms with van der Waals surface area (Å²) in [6.07, 6.45) is 1.05. The molecule has 32 heavy (non-hydrogen) atoms. The van der Waals surface area contributed by atoms with Crippen molar-refractivity contribution >= 4 is 16.9 Å². The van der Waals surface area contributed by atoms with Gasteiger partial charge in [-0.15, -0.1) is 0 Å². The molecular weight excluding hydrogens is 398 g/mol. The molecule has 0 saturated carbocycles. The zero-order valence-corrected chi connectivity index (χ0v) is 18.6. The number of carbonyl (C=O) groups is 1. The van der Waals surface area contributed by atoms with Crippen molar-refractivity contribution in [1.29, 1.82) is 0 Å². The van der Waals surface area contributed by atoms with Crippen LogP contribution in [0.1, 0.15) is 48.6 Å². The first-order chi connectivity index (χ1) is 15.7. The largest absolute Gasteiger partial charge is 0.494 e. The van der Waals surface area contributed by atoms with E-state index in [0.29, 0.717) is 13.2 Å². The van der Waals surface area contributed by atoms with Crippen molar-refractivity contribution in [2.24, 2.45) is 0 Å². The highest BCUT2D eigenvalue weighted by Gasteiger charge is 2.25. The molecule has 164 valence electrons. The predicted octanol–water partition coefficient (Wildman–Crippen LogP) is 6.24. The number of hydrogen-bond donors (Lipinski definition) is 1. The van der Waals surface area contributed by atoms with Crippen LogP contribution in [-0.2, 0) is 16.0 Å². The molecule has 4 rings (SSSR count). The number of rotatable bonds is 9. The van der Waals surface area contributed by atoms with Crippen LogP contribution in [-0.4, -0.2) is 24.2 Å². The van der Waals surface area contributed by atoms with Crippen molar-refractivity contribution in [3.8, 4) is 5.75 Å². The monoisotopic (exact) mass is 427 g/mol. The van der Waals surface area contributed by atoms with Gasteiger partial charge in [0.2, 0.25) is 0 Å². The number of esters is 1. The number of para-hydroxylation sites is 1. The number of aromatic nitrogens is 1. The van der Waals surface area contributed by atoms with E-state index in [2.05, 4.69) is 53.5 Å². The molecule has 4 aromatic rings. The van der Waals surface area contributed by atoms with Gasteiger partial charge in [-0.25, -0.2) is 0 Å². The number of nitrogens with one attached hydrogen (secondary N) is 1. The van der Waals surface area contributed by atoms with Crippen LogP contribution in [0.5, 0.6) is 5.75 Å². The fourth-order valence-corrected chi connectivity index (χ4v) is 4.29. The van der Waals surface area contributed by atoms with Crippen LogP contribution in [0, 0.1) is 0 Å². The van der Waals surface area contributed by atoms with E-state index in [4.69, 9.17) is 9.47 Å². The fraction of sp³-hybridized carbons (Fsp3) is 0.250. The molecule has 3 aromatic carbocycles. The second-order valence-electron chi connectivity index (χ2n) is 7.79. The molecule has 4 heteroatoms. The molecular formula is C28H29NO3. The Morgan fingerprint density at radius 3 is 2.31 bits per heavy atom. The summed E-state index contributed by atoms with van der Waals surface area (Å²) in [7, 11) is 0. The number of hydrogen-bond acceptors (Lipinski definition) is 3. The average molecular weight is 428 g/mol. The van der Waals surface area contributed by atoms with E-state index in [0.717, 1.165) is 39.9 Å². The van der Waals surface area contributed by atoms with Crippen molar-refractivity contribution < 1.29 is 14.3 Å². The Hall–Kier alpha value is -3.53. The van der Waals surface area contributed by atoms with E-state index in [-0.39, 0.29) is 18.3 Å². The quantitative estimate of drug-likeness (QED) is 0.322. The van der Waals surface area contributed by atoms with Crippen molar-refractivity contribution in [3.63, 3.8) is 0 Å². The highest BCUT2D eigenvalue weighted by atomic mass is 16.5. The van der Waals surface area contributed by atoms with Gasteiger partial charge in [-0.1, -0.05) is 60.7 Å². The van der Waals surface area contributed by atoms with Crippen molar-refractivity contribution in [3.05, 3.63) is 101 Å². The topological polar surface area (TPSA) is 51.3 Å². The summed E-state index contributed by atoms with van der Waals surface area (Å²) in [5.41, 5.74) is 5.65. The van der Waals surface area contributed by atoms with Crippen molar-refractivity contribution in [2.45, 2.75) is 32.6 Å². The third-order valence-electron chi connectivity index (χ3n) is 5.67. The molecule has 0 aliphatic carbocycles. The fourth-order valence-electron chi connectivity index (χ4n) is 4.29. The van der Waals surface area contributed by atoms with Crippen LogP contribution >= 0.6 is 0 Å². The van der Waals surface area contributed by atoms with Gasteiger partial charge < -0.3 is 14.5 Å². The maximum Gasteiger partial charge on any atom is 0.306 e. The Labute approximate surface area is 189 Å². The highest BCUT2D eigenvalue weighted by Crippen LogP contribution is 2.38. The minimum atomic E-state index is -0.192. The van der Waals surface area contributed by atoms with Crippen molar-refractivity contribution in [2.75, 3.05) is 13.2 Å². The van der Waals surface area contributed by atoms with E-state index < -0.39 is 0 Å². The number of H-pyrrole nitrogens is 1. The lowest BCUT2D eigenvalue weighted by atomic mass is 9.85. The third kappa shape index (κ3) is 4.86. The molecule has 1 atom stereocenters. The van der Waals surface area contributed by atoms with Gasteiger partial charge in [-0.05, 0) is 48.7 Å². The Morgan fingerprint density at radius 2 is 1.59 bits per heavy atom. The molecule has 1 heterocycles. The minimum Gasteiger partial charge on any atom is -0.494 e. The molecule has 4 nitrogen and oxygen atoms in total. The Balaban J connectivity index is 1.82. The van der Waals surface area contributed by atoms with Crippen LogP contribution in [0.15, 0.2) is 78.9 Å². The first-order valence-corrected chi connectivity index (χ1v) is 11.2. The van der Waals surface area contributed by atoms with Crippen LogP contribution in [0.3, 0.4) is 0 Å². The molecule has 0 aliphatic heterocycles. The molecule has 0 radical (unpaired) electrons. The van der Waals surface area contributed by atoms with E-state index in [9.17, 15) is 4.79 Å². The number of carbonyl (C=O) groups excluding carboxylic acids is 1.